The van der Waals surface area contributed by atoms with Gasteiger partial charge in [-0.25, -0.2) is 4.98 Å². The van der Waals surface area contributed by atoms with Gasteiger partial charge in [-0.2, -0.15) is 12.6 Å². The number of aliphatic carboxylic acids is 1. The zero-order valence-corrected chi connectivity index (χ0v) is 41.8. The molecule has 0 bridgehead atoms. The van der Waals surface area contributed by atoms with Gasteiger partial charge in [-0.3, -0.25) is 57.7 Å². The van der Waals surface area contributed by atoms with Gasteiger partial charge in [0.2, 0.25) is 59.1 Å². The van der Waals surface area contributed by atoms with Gasteiger partial charge in [0.25, 0.3) is 0 Å². The molecule has 3 rings (SSSR count). The van der Waals surface area contributed by atoms with E-state index in [9.17, 15) is 63.0 Å². The van der Waals surface area contributed by atoms with Crippen molar-refractivity contribution in [1.82, 2.24) is 57.5 Å². The van der Waals surface area contributed by atoms with Crippen molar-refractivity contribution < 1.29 is 63.0 Å². The number of aliphatic hydroxyl groups is 1. The molecule has 0 saturated carbocycles. The van der Waals surface area contributed by atoms with E-state index in [0.29, 0.717) is 22.2 Å². The SMILES string of the molecule is C[C@H](NC(=O)CNC(=O)[C@H](Cc1c[nH]c2ccccc12)NC(=O)[C@H](CC(=O)O)NC(=O)[C@@H](N)CCC(N)=O)C(=O)N[C@@H](Cc1cnc[nH]1)C(=O)N[C@@H](CCCN=C(N)N)C(=O)N[C@@H](CS)C(=O)N[C@H](C(N)=O)[C@@H](C)O. The molecule has 410 valence electrons. The maximum Gasteiger partial charge on any atom is 0.305 e. The van der Waals surface area contributed by atoms with E-state index >= 15 is 0 Å². The molecule has 0 fully saturated rings. The molecule has 10 amide bonds. The largest absolute Gasteiger partial charge is 0.481 e. The number of thiol groups is 1. The first kappa shape index (κ1) is 61.0. The number of hydrogen-bond acceptors (Lipinski definition) is 16. The molecule has 0 aliphatic carbocycles. The maximum atomic E-state index is 14.0. The third-order valence-corrected chi connectivity index (χ3v) is 11.4. The van der Waals surface area contributed by atoms with Crippen molar-refractivity contribution in [2.75, 3.05) is 18.8 Å². The monoisotopic (exact) mass is 1070 g/mol. The number of aliphatic hydroxyl groups excluding tert-OH is 1. The van der Waals surface area contributed by atoms with E-state index < -0.39 is 132 Å². The summed E-state index contributed by atoms with van der Waals surface area (Å²) in [6, 6.07) is -4.77. The first-order valence-electron chi connectivity index (χ1n) is 23.2. The van der Waals surface area contributed by atoms with Crippen molar-refractivity contribution in [3.8, 4) is 0 Å². The summed E-state index contributed by atoms with van der Waals surface area (Å²) >= 11 is 4.12. The average molecular weight is 1070 g/mol. The number of aromatic amines is 2. The number of carbonyl (C=O) groups excluding carboxylic acids is 10. The molecule has 0 aliphatic rings. The highest BCUT2D eigenvalue weighted by atomic mass is 32.1. The van der Waals surface area contributed by atoms with Gasteiger partial charge in [0.1, 0.15) is 42.3 Å². The van der Waals surface area contributed by atoms with E-state index in [0.717, 1.165) is 0 Å². The fourth-order valence-electron chi connectivity index (χ4n) is 7.06. The van der Waals surface area contributed by atoms with E-state index in [-0.39, 0.29) is 56.8 Å². The van der Waals surface area contributed by atoms with Crippen molar-refractivity contribution >= 4 is 94.5 Å². The number of aromatic nitrogens is 3. The number of hydrogen-bond donors (Lipinski definition) is 18. The second-order valence-electron chi connectivity index (χ2n) is 17.1. The highest BCUT2D eigenvalue weighted by Crippen LogP contribution is 2.19. The van der Waals surface area contributed by atoms with Crippen LogP contribution in [0.3, 0.4) is 0 Å². The summed E-state index contributed by atoms with van der Waals surface area (Å²) in [5, 5.41) is 39.3. The second-order valence-corrected chi connectivity index (χ2v) is 17.5. The molecule has 2 aromatic heterocycles. The Balaban J connectivity index is 1.78. The number of guanidine groups is 1. The number of benzene rings is 1. The van der Waals surface area contributed by atoms with Gasteiger partial charge in [-0.1, -0.05) is 18.2 Å². The Morgan fingerprint density at radius 2 is 1.32 bits per heavy atom. The molecule has 0 aliphatic heterocycles. The number of carboxylic acid groups (broad SMARTS) is 1. The third-order valence-electron chi connectivity index (χ3n) is 11.1. The van der Waals surface area contributed by atoms with Gasteiger partial charge in [0.15, 0.2) is 5.96 Å². The van der Waals surface area contributed by atoms with E-state index in [4.69, 9.17) is 28.7 Å². The van der Waals surface area contributed by atoms with Gasteiger partial charge in [-0.15, -0.1) is 0 Å². The zero-order valence-electron chi connectivity index (χ0n) is 40.9. The standard InChI is InChI=1S/C44H65N17O13S/c1-20(37(68)57-29(13-23-16-50-19-54-23)41(72)56-27(8-5-11-51-44(48)49)40(71)60-31(18-75)43(74)61-35(21(2)62)36(47)67)55-33(64)17-53-39(70)28(12-22-15-52-26-7-4-3-6-24(22)26)59-42(73)30(14-34(65)66)58-38(69)25(45)9-10-32(46)63/h3-4,6-7,15-16,19-21,25,27-31,35,52,62,75H,5,8-14,17-18,45H2,1-2H3,(H2,46,63)(H2,47,67)(H,50,54)(H,53,70)(H,55,64)(H,56,72)(H,57,68)(H,58,69)(H,59,73)(H,60,71)(H,61,74)(H,65,66)(H4,48,49,51)/t20-,21+,25-,27-,28-,29-,30-,31-,35-/m0/s1. The Bertz CT molecular complexity index is 2540. The molecule has 0 unspecified atom stereocenters. The fraction of sp³-hybridized carbons (Fsp3) is 0.477. The highest BCUT2D eigenvalue weighted by molar-refractivity contribution is 7.80. The molecular formula is C44H65N17O13S. The van der Waals surface area contributed by atoms with Crippen molar-refractivity contribution in [3.05, 3.63) is 54.2 Å². The van der Waals surface area contributed by atoms with Crippen LogP contribution in [-0.4, -0.2) is 169 Å². The Morgan fingerprint density at radius 3 is 1.93 bits per heavy atom. The number of carbonyl (C=O) groups is 11. The average Bonchev–Trinajstić information content (AvgIpc) is 4.02. The number of imidazole rings is 1. The minimum absolute atomic E-state index is 0.0167. The number of H-pyrrole nitrogens is 2. The van der Waals surface area contributed by atoms with Crippen molar-refractivity contribution in [2.24, 2.45) is 33.7 Å². The number of carboxylic acids is 1. The normalized spacial score (nSPS) is 14.6. The van der Waals surface area contributed by atoms with Gasteiger partial charge in [0, 0.05) is 60.6 Å². The Kier molecular flexibility index (Phi) is 24.4. The Morgan fingerprint density at radius 1 is 0.720 bits per heavy atom. The van der Waals surface area contributed by atoms with Crippen LogP contribution in [0.2, 0.25) is 0 Å². The summed E-state index contributed by atoms with van der Waals surface area (Å²) in [6.45, 7) is 1.72. The lowest BCUT2D eigenvalue weighted by Crippen LogP contribution is -2.60. The van der Waals surface area contributed by atoms with Crippen LogP contribution in [0.5, 0.6) is 0 Å². The van der Waals surface area contributed by atoms with Gasteiger partial charge >= 0.3 is 5.97 Å². The third kappa shape index (κ3) is 20.6. The summed E-state index contributed by atoms with van der Waals surface area (Å²) in [5.41, 5.74) is 28.7. The minimum Gasteiger partial charge on any atom is -0.481 e. The van der Waals surface area contributed by atoms with Crippen LogP contribution in [0.4, 0.5) is 0 Å². The molecule has 75 heavy (non-hydrogen) atoms. The van der Waals surface area contributed by atoms with E-state index in [1.54, 1.807) is 30.5 Å². The number of nitrogens with two attached hydrogens (primary N) is 5. The lowest BCUT2D eigenvalue weighted by atomic mass is 10.0. The molecule has 22 N–H and O–H groups in total. The molecule has 9 atom stereocenters. The second kappa shape index (κ2) is 30.0. The predicted octanol–water partition coefficient (Wildman–Crippen LogP) is -6.88. The zero-order chi connectivity index (χ0) is 55.9. The number of nitrogens with zero attached hydrogens (tertiary/aromatic N) is 2. The van der Waals surface area contributed by atoms with Crippen molar-refractivity contribution in [2.45, 2.75) is 113 Å². The van der Waals surface area contributed by atoms with Gasteiger partial charge in [-0.05, 0) is 44.7 Å². The molecule has 0 spiro atoms. The van der Waals surface area contributed by atoms with Crippen LogP contribution >= 0.6 is 12.6 Å². The van der Waals surface area contributed by atoms with E-state index in [1.807, 2.05) is 0 Å². The Labute approximate surface area is 433 Å². The molecule has 0 saturated heterocycles. The van der Waals surface area contributed by atoms with Crippen LogP contribution in [0.1, 0.15) is 57.2 Å². The number of primary amides is 2. The lowest BCUT2D eigenvalue weighted by molar-refractivity contribution is -0.141. The molecule has 2 heterocycles. The topological polar surface area (TPSA) is 511 Å². The minimum atomic E-state index is -1.75. The number of amides is 10. The molecule has 31 heteroatoms. The quantitative estimate of drug-likeness (QED) is 0.0120. The van der Waals surface area contributed by atoms with Crippen LogP contribution < -0.4 is 71.2 Å². The summed E-state index contributed by atoms with van der Waals surface area (Å²) < 4.78 is 0. The number of aliphatic imine (C=N–C) groups is 1. The van der Waals surface area contributed by atoms with Crippen LogP contribution in [-0.2, 0) is 65.6 Å². The first-order valence-corrected chi connectivity index (χ1v) is 23.8. The molecule has 1 aromatic carbocycles. The fourth-order valence-corrected chi connectivity index (χ4v) is 7.32. The van der Waals surface area contributed by atoms with E-state index in [1.165, 1.54) is 26.4 Å². The first-order chi connectivity index (χ1) is 35.4. The van der Waals surface area contributed by atoms with Gasteiger partial charge in [0.05, 0.1) is 31.4 Å². The Hall–Kier alpha value is -8.32. The number of para-hydroxylation sites is 1. The summed E-state index contributed by atoms with van der Waals surface area (Å²) in [4.78, 5) is 156. The maximum absolute atomic E-state index is 14.0. The number of nitrogens with one attached hydrogen (secondary N) is 10. The lowest BCUT2D eigenvalue weighted by Gasteiger charge is -2.26. The van der Waals surface area contributed by atoms with Crippen molar-refractivity contribution in [3.63, 3.8) is 0 Å². The number of rotatable bonds is 32. The predicted molar refractivity (Wildman–Crippen MR) is 270 cm³/mol. The summed E-state index contributed by atoms with van der Waals surface area (Å²) in [5.74, 6) is -11.5. The molecule has 3 aromatic rings. The van der Waals surface area contributed by atoms with Gasteiger partial charge < -0.3 is 91.4 Å². The molecular weight excluding hydrogens is 1010 g/mol. The van der Waals surface area contributed by atoms with Crippen LogP contribution in [0, 0.1) is 0 Å². The highest BCUT2D eigenvalue weighted by Gasteiger charge is 2.34. The molecule has 0 radical (unpaired) electrons. The smallest absolute Gasteiger partial charge is 0.305 e. The van der Waals surface area contributed by atoms with Crippen LogP contribution in [0.15, 0.2) is 48.0 Å². The van der Waals surface area contributed by atoms with Crippen molar-refractivity contribution in [1.29, 1.82) is 0 Å². The number of fused-ring (bicyclic) bond motifs is 1. The molecule has 30 nitrogen and oxygen atoms in total. The summed E-state index contributed by atoms with van der Waals surface area (Å²) in [6.07, 6.45) is 1.01. The summed E-state index contributed by atoms with van der Waals surface area (Å²) in [7, 11) is 0. The van der Waals surface area contributed by atoms with E-state index in [2.05, 4.69) is 75.1 Å². The van der Waals surface area contributed by atoms with Crippen LogP contribution in [0.25, 0.3) is 10.9 Å².